The van der Waals surface area contributed by atoms with Gasteiger partial charge < -0.3 is 10.7 Å². The molecule has 0 saturated carbocycles. The first-order valence-corrected chi connectivity index (χ1v) is 11.2. The maximum atomic E-state index is 11.2. The summed E-state index contributed by atoms with van der Waals surface area (Å²) < 4.78 is 1.83. The van der Waals surface area contributed by atoms with Crippen molar-refractivity contribution in [1.29, 1.82) is 0 Å². The van der Waals surface area contributed by atoms with Gasteiger partial charge in [0.2, 0.25) is 5.91 Å². The number of nitrogens with two attached hydrogens (primary N) is 1. The van der Waals surface area contributed by atoms with Crippen molar-refractivity contribution in [2.45, 2.75) is 45.4 Å². The van der Waals surface area contributed by atoms with Crippen molar-refractivity contribution in [2.75, 3.05) is 19.6 Å². The summed E-state index contributed by atoms with van der Waals surface area (Å²) in [4.78, 5) is 26.5. The second kappa shape index (κ2) is 8.02. The topological polar surface area (TPSA) is 105 Å². The minimum atomic E-state index is -0.260. The van der Waals surface area contributed by atoms with Gasteiger partial charge in [0.05, 0.1) is 23.3 Å². The highest BCUT2D eigenvalue weighted by atomic mass is 16.1. The monoisotopic (exact) mass is 431 g/mol. The number of carbonyl (C=O) groups is 1. The van der Waals surface area contributed by atoms with Crippen molar-refractivity contribution in [3.8, 4) is 11.3 Å². The Kier molecular flexibility index (Phi) is 5.17. The predicted molar refractivity (Wildman–Crippen MR) is 125 cm³/mol. The average Bonchev–Trinajstić information content (AvgIpc) is 3.38. The molecule has 1 fully saturated rings. The molecule has 0 unspecified atom stereocenters. The number of aromatic nitrogens is 5. The normalized spacial score (nSPS) is 15.9. The van der Waals surface area contributed by atoms with Crippen LogP contribution in [0, 0.1) is 6.92 Å². The van der Waals surface area contributed by atoms with Crippen molar-refractivity contribution < 1.29 is 4.79 Å². The molecule has 5 rings (SSSR count). The van der Waals surface area contributed by atoms with E-state index >= 15 is 0 Å². The third-order valence-electron chi connectivity index (χ3n) is 6.51. The molecule has 166 valence electrons. The van der Waals surface area contributed by atoms with E-state index in [-0.39, 0.29) is 5.91 Å². The van der Waals surface area contributed by atoms with Crippen molar-refractivity contribution in [3.63, 3.8) is 0 Å². The maximum Gasteiger partial charge on any atom is 0.231 e. The first-order chi connectivity index (χ1) is 15.4. The lowest BCUT2D eigenvalue weighted by Gasteiger charge is -2.30. The van der Waals surface area contributed by atoms with Crippen LogP contribution >= 0.6 is 0 Å². The number of nitrogens with one attached hydrogen (secondary N) is 1. The van der Waals surface area contributed by atoms with Crippen LogP contribution in [0.15, 0.2) is 30.7 Å². The number of aromatic amines is 1. The van der Waals surface area contributed by atoms with Crippen LogP contribution in [0.2, 0.25) is 0 Å². The van der Waals surface area contributed by atoms with Gasteiger partial charge in [-0.2, -0.15) is 5.10 Å². The molecule has 0 radical (unpaired) electrons. The van der Waals surface area contributed by atoms with Gasteiger partial charge in [-0.1, -0.05) is 13.8 Å². The first kappa shape index (κ1) is 20.6. The Bertz CT molecular complexity index is 1290. The zero-order chi connectivity index (χ0) is 22.4. The van der Waals surface area contributed by atoms with E-state index in [1.165, 1.54) is 5.56 Å². The second-order valence-corrected chi connectivity index (χ2v) is 9.16. The number of nitrogens with zero attached hydrogens (tertiary/aromatic N) is 5. The fourth-order valence-electron chi connectivity index (χ4n) is 4.96. The lowest BCUT2D eigenvalue weighted by molar-refractivity contribution is -0.119. The van der Waals surface area contributed by atoms with Gasteiger partial charge in [0.1, 0.15) is 6.33 Å². The Hall–Kier alpha value is -3.26. The van der Waals surface area contributed by atoms with Gasteiger partial charge in [-0.05, 0) is 62.5 Å². The minimum absolute atomic E-state index is 0.260. The Morgan fingerprint density at radius 2 is 2.06 bits per heavy atom. The van der Waals surface area contributed by atoms with Gasteiger partial charge in [-0.25, -0.2) is 9.50 Å². The molecule has 0 aromatic carbocycles. The molecule has 4 aromatic heterocycles. The Morgan fingerprint density at radius 1 is 1.28 bits per heavy atom. The van der Waals surface area contributed by atoms with E-state index in [2.05, 4.69) is 58.9 Å². The van der Waals surface area contributed by atoms with E-state index in [0.29, 0.717) is 18.4 Å². The van der Waals surface area contributed by atoms with Crippen molar-refractivity contribution >= 4 is 22.6 Å². The van der Waals surface area contributed by atoms with Crippen molar-refractivity contribution in [2.24, 2.45) is 5.73 Å². The van der Waals surface area contributed by atoms with Crippen LogP contribution in [-0.2, 0) is 4.79 Å². The minimum Gasteiger partial charge on any atom is -0.369 e. The van der Waals surface area contributed by atoms with Crippen molar-refractivity contribution in [1.82, 2.24) is 29.5 Å². The highest BCUT2D eigenvalue weighted by Gasteiger charge is 2.24. The summed E-state index contributed by atoms with van der Waals surface area (Å²) in [5, 5.41) is 4.34. The maximum absolute atomic E-state index is 11.2. The van der Waals surface area contributed by atoms with Crippen LogP contribution in [0.25, 0.3) is 27.9 Å². The summed E-state index contributed by atoms with van der Waals surface area (Å²) in [6, 6.07) is 6.46. The molecule has 1 saturated heterocycles. The third kappa shape index (κ3) is 3.64. The molecule has 8 heteroatoms. The third-order valence-corrected chi connectivity index (χ3v) is 6.51. The summed E-state index contributed by atoms with van der Waals surface area (Å²) in [7, 11) is 0. The van der Waals surface area contributed by atoms with Gasteiger partial charge in [-0.15, -0.1) is 0 Å². The van der Waals surface area contributed by atoms with Gasteiger partial charge in [-0.3, -0.25) is 14.7 Å². The number of amides is 1. The lowest BCUT2D eigenvalue weighted by atomic mass is 9.92. The number of fused-ring (bicyclic) bond motifs is 2. The molecule has 5 heterocycles. The number of likely N-dealkylation sites (tertiary alicyclic amines) is 1. The van der Waals surface area contributed by atoms with E-state index < -0.39 is 0 Å². The van der Waals surface area contributed by atoms with Crippen LogP contribution < -0.4 is 5.73 Å². The lowest BCUT2D eigenvalue weighted by Crippen LogP contribution is -2.39. The Labute approximate surface area is 186 Å². The summed E-state index contributed by atoms with van der Waals surface area (Å²) in [6.45, 7) is 8.58. The molecular formula is C24H29N7O. The smallest absolute Gasteiger partial charge is 0.231 e. The van der Waals surface area contributed by atoms with Gasteiger partial charge in [0.25, 0.3) is 0 Å². The van der Waals surface area contributed by atoms with Gasteiger partial charge >= 0.3 is 0 Å². The zero-order valence-corrected chi connectivity index (χ0v) is 18.8. The SMILES string of the molecule is Cc1cc(-c2[nH]c3ccc(C4CCN(CC(N)=O)CC4)nc3c2C(C)C)cn2ncnc12. The summed E-state index contributed by atoms with van der Waals surface area (Å²) in [5.74, 6) is 0.449. The summed E-state index contributed by atoms with van der Waals surface area (Å²) in [6.07, 6.45) is 5.59. The fourth-order valence-corrected chi connectivity index (χ4v) is 4.96. The number of hydrogen-bond acceptors (Lipinski definition) is 5. The molecule has 32 heavy (non-hydrogen) atoms. The Morgan fingerprint density at radius 3 is 2.78 bits per heavy atom. The number of hydrogen-bond donors (Lipinski definition) is 2. The number of rotatable bonds is 5. The molecule has 1 amide bonds. The fraction of sp³-hybridized carbons (Fsp3) is 0.417. The predicted octanol–water partition coefficient (Wildman–Crippen LogP) is 3.37. The molecule has 4 aromatic rings. The van der Waals surface area contributed by atoms with Gasteiger partial charge in [0, 0.05) is 28.9 Å². The van der Waals surface area contributed by atoms with E-state index in [1.807, 2.05) is 10.7 Å². The highest BCUT2D eigenvalue weighted by Crippen LogP contribution is 2.37. The van der Waals surface area contributed by atoms with E-state index in [9.17, 15) is 4.79 Å². The van der Waals surface area contributed by atoms with E-state index in [4.69, 9.17) is 10.7 Å². The largest absolute Gasteiger partial charge is 0.369 e. The highest BCUT2D eigenvalue weighted by molar-refractivity contribution is 5.88. The summed E-state index contributed by atoms with van der Waals surface area (Å²) in [5.41, 5.74) is 14.0. The molecule has 1 aliphatic heterocycles. The number of piperidine rings is 1. The molecule has 3 N–H and O–H groups in total. The first-order valence-electron chi connectivity index (χ1n) is 11.2. The summed E-state index contributed by atoms with van der Waals surface area (Å²) >= 11 is 0. The number of primary amides is 1. The van der Waals surface area contributed by atoms with Crippen LogP contribution in [0.1, 0.15) is 55.3 Å². The van der Waals surface area contributed by atoms with Crippen molar-refractivity contribution in [3.05, 3.63) is 47.5 Å². The quantitative estimate of drug-likeness (QED) is 0.504. The number of carbonyl (C=O) groups excluding carboxylic acids is 1. The van der Waals surface area contributed by atoms with Gasteiger partial charge in [0.15, 0.2) is 5.65 Å². The molecule has 0 atom stereocenters. The van der Waals surface area contributed by atoms with Crippen LogP contribution in [0.4, 0.5) is 0 Å². The van der Waals surface area contributed by atoms with Crippen LogP contribution in [-0.4, -0.2) is 55.0 Å². The van der Waals surface area contributed by atoms with E-state index in [1.54, 1.807) is 6.33 Å². The molecular weight excluding hydrogens is 402 g/mol. The standard InChI is InChI=1S/C24H29N7O/c1-14(2)21-22(17-10-15(3)24-26-13-27-31(24)11-17)29-19-5-4-18(28-23(19)21)16-6-8-30(9-7-16)12-20(25)32/h4-5,10-11,13-14,16,29H,6-9,12H2,1-3H3,(H2,25,32). The number of pyridine rings is 2. The molecule has 1 aliphatic rings. The molecule has 8 nitrogen and oxygen atoms in total. The van der Waals surface area contributed by atoms with E-state index in [0.717, 1.165) is 65.1 Å². The van der Waals surface area contributed by atoms with Crippen LogP contribution in [0.3, 0.4) is 0 Å². The second-order valence-electron chi connectivity index (χ2n) is 9.16. The average molecular weight is 432 g/mol. The number of aryl methyl sites for hydroxylation is 1. The molecule has 0 aliphatic carbocycles. The van der Waals surface area contributed by atoms with Crippen LogP contribution in [0.5, 0.6) is 0 Å². The molecule has 0 bridgehead atoms. The zero-order valence-electron chi connectivity index (χ0n) is 18.8. The Balaban J connectivity index is 1.52. The number of H-pyrrole nitrogens is 1. The molecule has 0 spiro atoms.